The molecule has 180 valence electrons. The van der Waals surface area contributed by atoms with Gasteiger partial charge in [0.25, 0.3) is 0 Å². The smallest absolute Gasteiger partial charge is 0.417 e. The summed E-state index contributed by atoms with van der Waals surface area (Å²) < 4.78 is 58.2. The number of ether oxygens (including phenoxy) is 1. The van der Waals surface area contributed by atoms with Crippen molar-refractivity contribution < 1.29 is 32.2 Å². The maximum Gasteiger partial charge on any atom is 0.417 e. The van der Waals surface area contributed by atoms with Crippen LogP contribution in [0.5, 0.6) is 5.75 Å². The Balaban J connectivity index is 1.64. The summed E-state index contributed by atoms with van der Waals surface area (Å²) in [6.07, 6.45) is -3.98. The molecule has 0 spiro atoms. The topological polar surface area (TPSA) is 65.9 Å². The number of hydrogen-bond donors (Lipinski definition) is 1. The molecule has 0 atom stereocenters. The van der Waals surface area contributed by atoms with Crippen LogP contribution in [0.15, 0.2) is 24.4 Å². The average molecular weight is 469 g/mol. The zero-order valence-electron chi connectivity index (χ0n) is 19.0. The lowest BCUT2D eigenvalue weighted by Crippen LogP contribution is -2.46. The average Bonchev–Trinajstić information content (AvgIpc) is 2.71. The largest absolute Gasteiger partial charge is 0.478 e. The van der Waals surface area contributed by atoms with Gasteiger partial charge >= 0.3 is 12.1 Å². The number of carbonyl (C=O) groups is 1. The van der Waals surface area contributed by atoms with E-state index >= 15 is 0 Å². The lowest BCUT2D eigenvalue weighted by Gasteiger charge is -2.35. The summed E-state index contributed by atoms with van der Waals surface area (Å²) in [5.74, 6) is -1.57. The van der Waals surface area contributed by atoms with Crippen LogP contribution in [0.25, 0.3) is 0 Å². The highest BCUT2D eigenvalue weighted by molar-refractivity contribution is 5.77. The number of hydrogen-bond acceptors (Lipinski definition) is 5. The van der Waals surface area contributed by atoms with Gasteiger partial charge in [0.2, 0.25) is 0 Å². The molecule has 1 aliphatic heterocycles. The minimum Gasteiger partial charge on any atom is -0.478 e. The van der Waals surface area contributed by atoms with Crippen LogP contribution in [0.2, 0.25) is 0 Å². The molecule has 0 aliphatic carbocycles. The maximum atomic E-state index is 14.2. The number of benzene rings is 1. The van der Waals surface area contributed by atoms with Crippen molar-refractivity contribution in [1.29, 1.82) is 0 Å². The molecule has 33 heavy (non-hydrogen) atoms. The molecule has 1 N–H and O–H groups in total. The molecular weight excluding hydrogens is 442 g/mol. The van der Waals surface area contributed by atoms with Crippen LogP contribution in [-0.4, -0.2) is 52.7 Å². The molecular formula is C23H27F4N3O3. The van der Waals surface area contributed by atoms with Gasteiger partial charge in [0.05, 0.1) is 5.56 Å². The third kappa shape index (κ3) is 5.73. The number of anilines is 1. The molecule has 0 amide bonds. The summed E-state index contributed by atoms with van der Waals surface area (Å²) in [4.78, 5) is 18.9. The lowest BCUT2D eigenvalue weighted by atomic mass is 10.0. The van der Waals surface area contributed by atoms with E-state index in [0.717, 1.165) is 16.7 Å². The summed E-state index contributed by atoms with van der Waals surface area (Å²) >= 11 is 0. The van der Waals surface area contributed by atoms with Crippen LogP contribution in [0.3, 0.4) is 0 Å². The monoisotopic (exact) mass is 469 g/mol. The highest BCUT2D eigenvalue weighted by atomic mass is 19.4. The predicted molar refractivity (Wildman–Crippen MR) is 115 cm³/mol. The van der Waals surface area contributed by atoms with Crippen LogP contribution in [0.4, 0.5) is 23.4 Å². The molecule has 2 heterocycles. The molecule has 0 saturated carbocycles. The number of piperazine rings is 1. The molecule has 2 aromatic rings. The van der Waals surface area contributed by atoms with E-state index in [4.69, 9.17) is 4.74 Å². The van der Waals surface area contributed by atoms with Gasteiger partial charge in [0, 0.05) is 38.9 Å². The number of aryl methyl sites for hydroxylation is 2. The van der Waals surface area contributed by atoms with Gasteiger partial charge in [0.15, 0.2) is 17.2 Å². The van der Waals surface area contributed by atoms with Crippen molar-refractivity contribution in [2.24, 2.45) is 0 Å². The van der Waals surface area contributed by atoms with Gasteiger partial charge in [-0.2, -0.15) is 13.2 Å². The molecule has 6 nitrogen and oxygen atoms in total. The zero-order valence-corrected chi connectivity index (χ0v) is 19.0. The quantitative estimate of drug-likeness (QED) is 0.632. The molecule has 1 aromatic carbocycles. The highest BCUT2D eigenvalue weighted by Crippen LogP contribution is 2.32. The summed E-state index contributed by atoms with van der Waals surface area (Å²) in [6.45, 7) is 9.38. The summed E-state index contributed by atoms with van der Waals surface area (Å²) in [6, 6.07) is 4.38. The Hall–Kier alpha value is -2.88. The van der Waals surface area contributed by atoms with E-state index in [2.05, 4.69) is 9.88 Å². The third-order valence-corrected chi connectivity index (χ3v) is 5.62. The molecule has 0 radical (unpaired) electrons. The Kier molecular flexibility index (Phi) is 6.88. The van der Waals surface area contributed by atoms with Crippen molar-refractivity contribution in [2.75, 3.05) is 31.1 Å². The molecule has 1 aliphatic rings. The number of nitrogens with zero attached hydrogens (tertiary/aromatic N) is 3. The summed E-state index contributed by atoms with van der Waals surface area (Å²) in [7, 11) is 0. The molecule has 10 heteroatoms. The first-order chi connectivity index (χ1) is 15.3. The minimum atomic E-state index is -4.63. The van der Waals surface area contributed by atoms with Crippen LogP contribution in [0, 0.1) is 19.7 Å². The maximum absolute atomic E-state index is 14.2. The number of rotatable bonds is 6. The number of aromatic nitrogens is 1. The van der Waals surface area contributed by atoms with E-state index in [1.807, 2.05) is 26.0 Å². The SMILES string of the molecule is Cc1cc(CN2CCN(c3ncc(C(F)(F)F)cc3F)CC2)cc(C)c1OC(C)(C)C(=O)O. The second-order valence-corrected chi connectivity index (χ2v) is 8.77. The fourth-order valence-electron chi connectivity index (χ4n) is 3.79. The minimum absolute atomic E-state index is 0.0723. The van der Waals surface area contributed by atoms with Gasteiger partial charge in [-0.05, 0) is 50.5 Å². The molecule has 1 fully saturated rings. The van der Waals surface area contributed by atoms with Crippen molar-refractivity contribution in [3.8, 4) is 5.75 Å². The van der Waals surface area contributed by atoms with Crippen molar-refractivity contribution in [1.82, 2.24) is 9.88 Å². The van der Waals surface area contributed by atoms with E-state index in [1.54, 1.807) is 4.90 Å². The first-order valence-corrected chi connectivity index (χ1v) is 10.5. The van der Waals surface area contributed by atoms with Crippen LogP contribution >= 0.6 is 0 Å². The van der Waals surface area contributed by atoms with E-state index in [9.17, 15) is 27.5 Å². The number of aliphatic carboxylic acids is 1. The Morgan fingerprint density at radius 3 is 2.15 bits per heavy atom. The summed E-state index contributed by atoms with van der Waals surface area (Å²) in [5, 5.41) is 9.31. The normalized spacial score (nSPS) is 15.6. The molecule has 1 aromatic heterocycles. The van der Waals surface area contributed by atoms with Crippen LogP contribution in [0.1, 0.15) is 36.1 Å². The molecule has 1 saturated heterocycles. The van der Waals surface area contributed by atoms with Gasteiger partial charge in [-0.25, -0.2) is 14.2 Å². The van der Waals surface area contributed by atoms with Crippen LogP contribution in [-0.2, 0) is 17.5 Å². The summed E-state index contributed by atoms with van der Waals surface area (Å²) in [5.41, 5.74) is 0.225. The number of halogens is 4. The highest BCUT2D eigenvalue weighted by Gasteiger charge is 2.33. The standard InChI is InChI=1S/C23H27F4N3O3/c1-14-9-16(10-15(2)19(14)33-22(3,4)21(31)32)13-29-5-7-30(8-6-29)20-18(24)11-17(12-28-20)23(25,26)27/h9-12H,5-8,13H2,1-4H3,(H,31,32). The van der Waals surface area contributed by atoms with E-state index < -0.39 is 29.1 Å². The Morgan fingerprint density at radius 2 is 1.67 bits per heavy atom. The second-order valence-electron chi connectivity index (χ2n) is 8.77. The first-order valence-electron chi connectivity index (χ1n) is 10.5. The predicted octanol–water partition coefficient (Wildman–Crippen LogP) is 4.42. The van der Waals surface area contributed by atoms with Crippen molar-refractivity contribution >= 4 is 11.8 Å². The van der Waals surface area contributed by atoms with Gasteiger partial charge in [-0.15, -0.1) is 0 Å². The van der Waals surface area contributed by atoms with E-state index in [1.165, 1.54) is 13.8 Å². The Labute approximate surface area is 189 Å². The van der Waals surface area contributed by atoms with Crippen LogP contribution < -0.4 is 9.64 Å². The molecule has 0 bridgehead atoms. The Bertz CT molecular complexity index is 1010. The number of carboxylic acids is 1. The number of alkyl halides is 3. The fraction of sp³-hybridized carbons (Fsp3) is 0.478. The third-order valence-electron chi connectivity index (χ3n) is 5.62. The number of carboxylic acid groups (broad SMARTS) is 1. The van der Waals surface area contributed by atoms with E-state index in [0.29, 0.717) is 50.7 Å². The zero-order chi connectivity index (χ0) is 24.6. The molecule has 3 rings (SSSR count). The van der Waals surface area contributed by atoms with E-state index in [-0.39, 0.29) is 5.82 Å². The second kappa shape index (κ2) is 9.17. The van der Waals surface area contributed by atoms with Crippen molar-refractivity contribution in [3.05, 3.63) is 52.5 Å². The fourth-order valence-corrected chi connectivity index (χ4v) is 3.79. The van der Waals surface area contributed by atoms with Gasteiger partial charge in [-0.1, -0.05) is 12.1 Å². The first kappa shape index (κ1) is 24.8. The van der Waals surface area contributed by atoms with Gasteiger partial charge < -0.3 is 14.7 Å². The van der Waals surface area contributed by atoms with Gasteiger partial charge in [0.1, 0.15) is 5.75 Å². The lowest BCUT2D eigenvalue weighted by molar-refractivity contribution is -0.152. The van der Waals surface area contributed by atoms with Crippen molar-refractivity contribution in [3.63, 3.8) is 0 Å². The van der Waals surface area contributed by atoms with Crippen molar-refractivity contribution in [2.45, 2.75) is 46.0 Å². The molecule has 0 unspecified atom stereocenters. The Morgan fingerprint density at radius 1 is 1.09 bits per heavy atom. The number of pyridine rings is 1. The van der Waals surface area contributed by atoms with Gasteiger partial charge in [-0.3, -0.25) is 4.90 Å².